The van der Waals surface area contributed by atoms with Crippen molar-refractivity contribution < 1.29 is 37.1 Å². The van der Waals surface area contributed by atoms with Gasteiger partial charge >= 0.3 is 6.03 Å². The number of likely N-dealkylation sites (tertiary alicyclic amines) is 1. The van der Waals surface area contributed by atoms with Gasteiger partial charge in [0.15, 0.2) is 5.13 Å². The van der Waals surface area contributed by atoms with Gasteiger partial charge < -0.3 is 41.0 Å². The minimum Gasteiger partial charge on any atom is -0.497 e. The molecule has 2 unspecified atom stereocenters. The van der Waals surface area contributed by atoms with Crippen LogP contribution < -0.4 is 36.1 Å². The smallest absolute Gasteiger partial charge is 0.315 e. The van der Waals surface area contributed by atoms with Crippen molar-refractivity contribution in [1.29, 1.82) is 0 Å². The number of ether oxygens (including phenoxy) is 2. The molecular formula is C48H68N10O8S2. The summed E-state index contributed by atoms with van der Waals surface area (Å²) in [6.45, 7) is 14.5. The number of hydrogen-bond donors (Lipinski definition) is 5. The fourth-order valence-corrected chi connectivity index (χ4v) is 11.9. The molecule has 5 aliphatic rings. The maximum Gasteiger partial charge on any atom is 0.315 e. The van der Waals surface area contributed by atoms with Gasteiger partial charge in [0.2, 0.25) is 17.7 Å². The number of nitrogens with one attached hydrogen (secondary N) is 5. The van der Waals surface area contributed by atoms with Gasteiger partial charge in [0.05, 0.1) is 24.9 Å². The van der Waals surface area contributed by atoms with E-state index < -0.39 is 63.2 Å². The molecule has 2 saturated heterocycles. The number of hydrogen-bond acceptors (Lipinski definition) is 12. The summed E-state index contributed by atoms with van der Waals surface area (Å²) in [7, 11) is -0.562. The maximum atomic E-state index is 15.4. The van der Waals surface area contributed by atoms with E-state index in [-0.39, 0.29) is 49.3 Å². The summed E-state index contributed by atoms with van der Waals surface area (Å²) >= 11 is 1.47. The van der Waals surface area contributed by atoms with Crippen molar-refractivity contribution in [3.05, 3.63) is 42.3 Å². The lowest BCUT2D eigenvalue weighted by Crippen LogP contribution is -2.61. The molecule has 8 rings (SSSR count). The molecule has 0 bridgehead atoms. The van der Waals surface area contributed by atoms with Crippen LogP contribution in [0.1, 0.15) is 92.4 Å². The van der Waals surface area contributed by atoms with E-state index in [0.29, 0.717) is 66.1 Å². The highest BCUT2D eigenvalue weighted by molar-refractivity contribution is 7.87. The Morgan fingerprint density at radius 2 is 1.76 bits per heavy atom. The van der Waals surface area contributed by atoms with Gasteiger partial charge in [-0.25, -0.2) is 14.8 Å². The van der Waals surface area contributed by atoms with E-state index in [1.54, 1.807) is 13.2 Å². The molecule has 4 heterocycles. The molecule has 5 fully saturated rings. The first-order valence-electron chi connectivity index (χ1n) is 24.0. The molecule has 0 radical (unpaired) electrons. The number of nitrogens with zero attached hydrogens (tertiary/aromatic N) is 5. The fourth-order valence-electron chi connectivity index (χ4n) is 9.64. The fraction of sp³-hybridized carbons (Fsp3) is 0.625. The zero-order chi connectivity index (χ0) is 48.7. The van der Waals surface area contributed by atoms with Gasteiger partial charge in [0, 0.05) is 80.0 Å². The van der Waals surface area contributed by atoms with Gasteiger partial charge in [-0.3, -0.25) is 14.4 Å². The number of aromatic nitrogens is 2. The predicted molar refractivity (Wildman–Crippen MR) is 261 cm³/mol. The van der Waals surface area contributed by atoms with Gasteiger partial charge in [-0.2, -0.15) is 17.0 Å². The maximum absolute atomic E-state index is 15.4. The largest absolute Gasteiger partial charge is 0.497 e. The van der Waals surface area contributed by atoms with E-state index in [2.05, 4.69) is 33.2 Å². The number of pyridine rings is 1. The molecule has 20 heteroatoms. The Morgan fingerprint density at radius 1 is 1.01 bits per heavy atom. The average molecular weight is 977 g/mol. The van der Waals surface area contributed by atoms with Crippen molar-refractivity contribution in [3.63, 3.8) is 0 Å². The van der Waals surface area contributed by atoms with Crippen LogP contribution in [0.25, 0.3) is 22.3 Å². The molecule has 3 aliphatic carbocycles. The van der Waals surface area contributed by atoms with Gasteiger partial charge in [0.1, 0.15) is 40.9 Å². The van der Waals surface area contributed by atoms with Crippen molar-refractivity contribution in [2.75, 3.05) is 45.7 Å². The number of fused-ring (bicyclic) bond motifs is 1. The van der Waals surface area contributed by atoms with Crippen LogP contribution in [-0.4, -0.2) is 138 Å². The molecule has 5 amide bonds. The average Bonchev–Trinajstić information content (AvgIpc) is 4.12. The first-order valence-corrected chi connectivity index (χ1v) is 26.3. The Balaban J connectivity index is 1.11. The van der Waals surface area contributed by atoms with E-state index >= 15 is 4.79 Å². The second kappa shape index (κ2) is 19.7. The molecule has 6 atom stereocenters. The molecule has 2 aliphatic heterocycles. The predicted octanol–water partition coefficient (Wildman–Crippen LogP) is 5.03. The molecule has 68 heavy (non-hydrogen) atoms. The summed E-state index contributed by atoms with van der Waals surface area (Å²) in [5.41, 5.74) is 0.0712. The van der Waals surface area contributed by atoms with Crippen molar-refractivity contribution >= 4 is 61.3 Å². The quantitative estimate of drug-likeness (QED) is 0.113. The molecule has 3 aromatic rings. The van der Waals surface area contributed by atoms with E-state index in [0.717, 1.165) is 37.2 Å². The number of urea groups is 1. The van der Waals surface area contributed by atoms with Gasteiger partial charge in [-0.05, 0) is 69.4 Å². The number of likely N-dealkylation sites (N-methyl/N-ethyl adjacent to an activating group) is 1. The molecular weight excluding hydrogens is 909 g/mol. The van der Waals surface area contributed by atoms with Gasteiger partial charge in [-0.15, -0.1) is 17.9 Å². The summed E-state index contributed by atoms with van der Waals surface area (Å²) in [6, 6.07) is 4.30. The van der Waals surface area contributed by atoms with Crippen LogP contribution in [0.15, 0.2) is 42.3 Å². The highest BCUT2D eigenvalue weighted by Gasteiger charge is 2.61. The number of anilines is 1. The lowest BCUT2D eigenvalue weighted by atomic mass is 9.83. The monoisotopic (exact) mass is 976 g/mol. The summed E-state index contributed by atoms with van der Waals surface area (Å²) in [5.74, 6) is -0.614. The summed E-state index contributed by atoms with van der Waals surface area (Å²) < 4.78 is 41.3. The summed E-state index contributed by atoms with van der Waals surface area (Å²) in [5, 5.41) is 18.9. The zero-order valence-corrected chi connectivity index (χ0v) is 41.9. The lowest BCUT2D eigenvalue weighted by Gasteiger charge is -2.37. The number of amides is 5. The molecule has 5 N–H and O–H groups in total. The van der Waals surface area contributed by atoms with Crippen LogP contribution in [-0.2, 0) is 24.6 Å². The lowest BCUT2D eigenvalue weighted by molar-refractivity contribution is -0.142. The number of carbonyl (C=O) groups excluding carboxylic acids is 4. The Morgan fingerprint density at radius 3 is 2.40 bits per heavy atom. The minimum absolute atomic E-state index is 0.00894. The van der Waals surface area contributed by atoms with Crippen molar-refractivity contribution in [1.82, 2.24) is 44.7 Å². The van der Waals surface area contributed by atoms with Crippen LogP contribution >= 0.6 is 11.3 Å². The van der Waals surface area contributed by atoms with E-state index in [9.17, 15) is 22.8 Å². The number of thiazole rings is 1. The molecule has 0 spiro atoms. The second-order valence-corrected chi connectivity index (χ2v) is 23.5. The Kier molecular flexibility index (Phi) is 14.3. The molecule has 1 aromatic carbocycles. The highest BCUT2D eigenvalue weighted by atomic mass is 32.2. The van der Waals surface area contributed by atoms with Crippen LogP contribution in [0.4, 0.5) is 9.93 Å². The number of carbonyl (C=O) groups is 4. The number of rotatable bonds is 17. The van der Waals surface area contributed by atoms with Crippen molar-refractivity contribution in [2.24, 2.45) is 17.3 Å². The van der Waals surface area contributed by atoms with Crippen LogP contribution in [0, 0.1) is 17.3 Å². The van der Waals surface area contributed by atoms with Crippen LogP contribution in [0.5, 0.6) is 11.5 Å². The van der Waals surface area contributed by atoms with Crippen LogP contribution in [0.2, 0.25) is 0 Å². The van der Waals surface area contributed by atoms with Gasteiger partial charge in [0.25, 0.3) is 10.2 Å². The van der Waals surface area contributed by atoms with Crippen molar-refractivity contribution in [2.45, 2.75) is 134 Å². The van der Waals surface area contributed by atoms with E-state index in [1.165, 1.54) is 31.9 Å². The first kappa shape index (κ1) is 49.4. The third kappa shape index (κ3) is 10.7. The van der Waals surface area contributed by atoms with Crippen molar-refractivity contribution in [3.8, 4) is 22.9 Å². The third-order valence-corrected chi connectivity index (χ3v) is 16.8. The molecule has 2 aromatic heterocycles. The highest BCUT2D eigenvalue weighted by Crippen LogP contribution is 2.46. The molecule has 18 nitrogen and oxygen atoms in total. The topological polar surface area (TPSA) is 217 Å². The molecule has 3 saturated carbocycles. The normalized spacial score (nSPS) is 25.1. The first-order chi connectivity index (χ1) is 32.3. The zero-order valence-electron chi connectivity index (χ0n) is 40.3. The molecule has 370 valence electrons. The Bertz CT molecular complexity index is 2500. The SMILES string of the molecule is C=CC1C[C@]1(NC(=O)[C@@H]1C[C@@H](Oc2cc(-c3csc(NC(C)C)n3)nc3cc(OC)ccc23)CN1C(=O)[C@@H](NC(=O)NC(CN1CCN(C)S1(=O)=O)C(C)(C)C)C1CCCCC1)C(=O)NC1CC1. The van der Waals surface area contributed by atoms with Gasteiger partial charge in [-0.1, -0.05) is 46.1 Å². The standard InChI is InChI=1S/C48H68N10O8S2/c1-9-30-24-48(30,44(61)50-31-15-16-31)55-42(59)38-22-33(66-39-23-36(37-27-67-46(52-37)49-28(2)3)51-35-21-32(65-8)17-18-34(35)39)25-58(38)43(60)41(29-13-11-10-12-14-29)54-45(62)53-40(47(4,5)6)26-57-20-19-56(7)68(57,63)64/h9,17-18,21,23,27-31,33,38,40-41H,1,10-16,19-20,22,24-26H2,2-8H3,(H,49,52)(H,50,61)(H,55,59)(H2,53,54,62)/t30?,33-,38+,40?,41+,48-/m1/s1. The Labute approximate surface area is 403 Å². The van der Waals surface area contributed by atoms with Crippen LogP contribution in [0.3, 0.4) is 0 Å². The minimum atomic E-state index is -3.68. The summed E-state index contributed by atoms with van der Waals surface area (Å²) in [6.07, 6.45) is 7.35. The third-order valence-electron chi connectivity index (χ3n) is 14.1. The van der Waals surface area contributed by atoms with E-state index in [4.69, 9.17) is 19.4 Å². The van der Waals surface area contributed by atoms with E-state index in [1.807, 2.05) is 64.3 Å². The number of methoxy groups -OCH3 is 1. The second-order valence-electron chi connectivity index (χ2n) is 20.6. The number of benzene rings is 1. The summed E-state index contributed by atoms with van der Waals surface area (Å²) in [4.78, 5) is 69.5. The Hall–Kier alpha value is -5.05.